The highest BCUT2D eigenvalue weighted by Gasteiger charge is 2.28. The number of benzene rings is 1. The summed E-state index contributed by atoms with van der Waals surface area (Å²) < 4.78 is 13.5. The summed E-state index contributed by atoms with van der Waals surface area (Å²) in [5.41, 5.74) is 0.425. The van der Waals surface area contributed by atoms with Gasteiger partial charge in [-0.3, -0.25) is 4.79 Å². The first-order valence-corrected chi connectivity index (χ1v) is 4.93. The van der Waals surface area contributed by atoms with E-state index in [-0.39, 0.29) is 11.7 Å². The summed E-state index contributed by atoms with van der Waals surface area (Å²) in [5.74, 6) is -0.412. The van der Waals surface area contributed by atoms with Crippen LogP contribution in [0.1, 0.15) is 11.6 Å². The second kappa shape index (κ2) is 3.98. The predicted molar refractivity (Wildman–Crippen MR) is 54.8 cm³/mol. The lowest BCUT2D eigenvalue weighted by Gasteiger charge is -2.30. The fourth-order valence-corrected chi connectivity index (χ4v) is 1.75. The van der Waals surface area contributed by atoms with E-state index in [1.807, 2.05) is 0 Å². The molecule has 0 spiro atoms. The molecule has 1 aromatic rings. The molecule has 2 rings (SSSR count). The summed E-state index contributed by atoms with van der Waals surface area (Å²) in [7, 11) is 1.73. The fraction of sp³-hybridized carbons (Fsp3) is 0.364. The molecule has 1 aliphatic heterocycles. The Morgan fingerprint density at radius 3 is 2.93 bits per heavy atom. The molecule has 1 amide bonds. The van der Waals surface area contributed by atoms with E-state index in [4.69, 9.17) is 0 Å². The zero-order chi connectivity index (χ0) is 10.8. The Morgan fingerprint density at radius 1 is 1.47 bits per heavy atom. The summed E-state index contributed by atoms with van der Waals surface area (Å²) in [6.45, 7) is 1.37. The van der Waals surface area contributed by atoms with Crippen LogP contribution in [-0.4, -0.2) is 30.9 Å². The Morgan fingerprint density at radius 2 is 2.20 bits per heavy atom. The lowest BCUT2D eigenvalue weighted by atomic mass is 10.0. The molecule has 1 fully saturated rings. The van der Waals surface area contributed by atoms with E-state index >= 15 is 0 Å². The van der Waals surface area contributed by atoms with Crippen LogP contribution in [0.4, 0.5) is 4.39 Å². The number of carbonyl (C=O) groups excluding carboxylic acids is 1. The summed E-state index contributed by atoms with van der Waals surface area (Å²) in [5, 5.41) is 3.03. The van der Waals surface area contributed by atoms with E-state index in [0.717, 1.165) is 0 Å². The average molecular weight is 208 g/mol. The van der Waals surface area contributed by atoms with Crippen LogP contribution in [0.5, 0.6) is 0 Å². The molecule has 1 saturated heterocycles. The molecule has 4 heteroatoms. The van der Waals surface area contributed by atoms with Crippen molar-refractivity contribution in [2.24, 2.45) is 0 Å². The summed E-state index contributed by atoms with van der Waals surface area (Å²) in [6.07, 6.45) is 0. The SMILES string of the molecule is CN1CCNC(c2ccccc2F)C1=O. The monoisotopic (exact) mass is 208 g/mol. The van der Waals surface area contributed by atoms with Crippen molar-refractivity contribution in [2.45, 2.75) is 6.04 Å². The normalized spacial score (nSPS) is 21.9. The summed E-state index contributed by atoms with van der Waals surface area (Å²) >= 11 is 0. The van der Waals surface area contributed by atoms with Gasteiger partial charge in [-0.2, -0.15) is 0 Å². The van der Waals surface area contributed by atoms with E-state index < -0.39 is 6.04 Å². The van der Waals surface area contributed by atoms with Gasteiger partial charge in [-0.1, -0.05) is 18.2 Å². The fourth-order valence-electron chi connectivity index (χ4n) is 1.75. The van der Waals surface area contributed by atoms with Crippen molar-refractivity contribution >= 4 is 5.91 Å². The van der Waals surface area contributed by atoms with Gasteiger partial charge in [-0.15, -0.1) is 0 Å². The minimum Gasteiger partial charge on any atom is -0.343 e. The van der Waals surface area contributed by atoms with Gasteiger partial charge >= 0.3 is 0 Å². The number of nitrogens with zero attached hydrogens (tertiary/aromatic N) is 1. The van der Waals surface area contributed by atoms with Crippen LogP contribution in [0.25, 0.3) is 0 Å². The maximum absolute atomic E-state index is 13.5. The lowest BCUT2D eigenvalue weighted by Crippen LogP contribution is -2.48. The van der Waals surface area contributed by atoms with Gasteiger partial charge in [0.2, 0.25) is 5.91 Å². The van der Waals surface area contributed by atoms with Gasteiger partial charge in [0.1, 0.15) is 11.9 Å². The molecule has 1 aliphatic rings. The second-order valence-electron chi connectivity index (χ2n) is 3.67. The highest BCUT2D eigenvalue weighted by molar-refractivity contribution is 5.83. The highest BCUT2D eigenvalue weighted by atomic mass is 19.1. The Labute approximate surface area is 87.9 Å². The third-order valence-corrected chi connectivity index (χ3v) is 2.64. The number of rotatable bonds is 1. The van der Waals surface area contributed by atoms with Crippen molar-refractivity contribution in [1.29, 1.82) is 0 Å². The van der Waals surface area contributed by atoms with Crippen molar-refractivity contribution in [3.63, 3.8) is 0 Å². The minimum absolute atomic E-state index is 0.0775. The highest BCUT2D eigenvalue weighted by Crippen LogP contribution is 2.20. The molecule has 80 valence electrons. The van der Waals surface area contributed by atoms with Crippen molar-refractivity contribution in [1.82, 2.24) is 10.2 Å². The van der Waals surface area contributed by atoms with E-state index in [1.165, 1.54) is 6.07 Å². The molecular formula is C11H13FN2O. The molecule has 15 heavy (non-hydrogen) atoms. The van der Waals surface area contributed by atoms with Crippen molar-refractivity contribution < 1.29 is 9.18 Å². The molecule has 0 bridgehead atoms. The van der Waals surface area contributed by atoms with Crippen LogP contribution in [0.2, 0.25) is 0 Å². The topological polar surface area (TPSA) is 32.3 Å². The Kier molecular flexibility index (Phi) is 2.68. The maximum Gasteiger partial charge on any atom is 0.244 e. The maximum atomic E-state index is 13.5. The van der Waals surface area contributed by atoms with Crippen molar-refractivity contribution in [2.75, 3.05) is 20.1 Å². The van der Waals surface area contributed by atoms with Gasteiger partial charge in [-0.05, 0) is 6.07 Å². The van der Waals surface area contributed by atoms with Crippen LogP contribution in [0, 0.1) is 5.82 Å². The van der Waals surface area contributed by atoms with Crippen molar-refractivity contribution in [3.05, 3.63) is 35.6 Å². The van der Waals surface area contributed by atoms with Crippen LogP contribution < -0.4 is 5.32 Å². The first-order chi connectivity index (χ1) is 7.20. The predicted octanol–water partition coefficient (Wildman–Crippen LogP) is 0.928. The Balaban J connectivity index is 2.30. The second-order valence-corrected chi connectivity index (χ2v) is 3.67. The zero-order valence-electron chi connectivity index (χ0n) is 8.53. The van der Waals surface area contributed by atoms with Crippen LogP contribution in [0.15, 0.2) is 24.3 Å². The number of likely N-dealkylation sites (N-methyl/N-ethyl adjacent to an activating group) is 1. The average Bonchev–Trinajstić information content (AvgIpc) is 2.23. The summed E-state index contributed by atoms with van der Waals surface area (Å²) in [4.78, 5) is 13.4. The molecule has 0 aliphatic carbocycles. The largest absolute Gasteiger partial charge is 0.343 e. The number of halogens is 1. The van der Waals surface area contributed by atoms with Gasteiger partial charge in [0.15, 0.2) is 0 Å². The first-order valence-electron chi connectivity index (χ1n) is 4.93. The molecule has 1 aromatic carbocycles. The Hall–Kier alpha value is -1.42. The third-order valence-electron chi connectivity index (χ3n) is 2.64. The molecule has 1 N–H and O–H groups in total. The molecule has 0 saturated carbocycles. The van der Waals surface area contributed by atoms with Crippen molar-refractivity contribution in [3.8, 4) is 0 Å². The number of hydrogen-bond donors (Lipinski definition) is 1. The number of nitrogens with one attached hydrogen (secondary N) is 1. The molecule has 0 radical (unpaired) electrons. The molecule has 0 aromatic heterocycles. The molecule has 1 heterocycles. The van der Waals surface area contributed by atoms with Crippen LogP contribution >= 0.6 is 0 Å². The van der Waals surface area contributed by atoms with Gasteiger partial charge in [0.05, 0.1) is 0 Å². The third kappa shape index (κ3) is 1.85. The molecule has 1 atom stereocenters. The number of amides is 1. The quantitative estimate of drug-likeness (QED) is 0.744. The van der Waals surface area contributed by atoms with E-state index in [9.17, 15) is 9.18 Å². The number of carbonyl (C=O) groups is 1. The van der Waals surface area contributed by atoms with Crippen LogP contribution in [0.3, 0.4) is 0 Å². The minimum atomic E-state index is -0.537. The molecule has 1 unspecified atom stereocenters. The van der Waals surface area contributed by atoms with Gasteiger partial charge in [-0.25, -0.2) is 4.39 Å². The Bertz CT molecular complexity index is 381. The van der Waals surface area contributed by atoms with Gasteiger partial charge < -0.3 is 10.2 Å². The molecular weight excluding hydrogens is 195 g/mol. The standard InChI is InChI=1S/C11H13FN2O/c1-14-7-6-13-10(11(14)15)8-4-2-3-5-9(8)12/h2-5,10,13H,6-7H2,1H3. The molecule has 3 nitrogen and oxygen atoms in total. The first kappa shape index (κ1) is 10.1. The van der Waals surface area contributed by atoms with Gasteiger partial charge in [0.25, 0.3) is 0 Å². The van der Waals surface area contributed by atoms with Crippen LogP contribution in [-0.2, 0) is 4.79 Å². The van der Waals surface area contributed by atoms with Gasteiger partial charge in [0, 0.05) is 25.7 Å². The van der Waals surface area contributed by atoms with E-state index in [2.05, 4.69) is 5.32 Å². The number of piperazine rings is 1. The summed E-state index contributed by atoms with van der Waals surface area (Å²) in [6, 6.07) is 5.84. The zero-order valence-corrected chi connectivity index (χ0v) is 8.53. The smallest absolute Gasteiger partial charge is 0.244 e. The number of hydrogen-bond acceptors (Lipinski definition) is 2. The van der Waals surface area contributed by atoms with E-state index in [1.54, 1.807) is 30.1 Å². The lowest BCUT2D eigenvalue weighted by molar-refractivity contribution is -0.134. The van der Waals surface area contributed by atoms with E-state index in [0.29, 0.717) is 18.7 Å².